The third kappa shape index (κ3) is 4.12. The van der Waals surface area contributed by atoms with Crippen molar-refractivity contribution >= 4 is 51.5 Å². The van der Waals surface area contributed by atoms with Crippen LogP contribution < -0.4 is 14.2 Å². The van der Waals surface area contributed by atoms with Crippen LogP contribution in [0.2, 0.25) is 0 Å². The molecule has 0 saturated heterocycles. The van der Waals surface area contributed by atoms with Crippen LogP contribution in [-0.2, 0) is 16.6 Å². The number of ether oxygens (including phenoxy) is 3. The number of fused-ring (bicyclic) bond motifs is 1. The molecule has 127 valence electrons. The zero-order chi connectivity index (χ0) is 17.1. The first kappa shape index (κ1) is 19.6. The number of hydrogen-bond acceptors (Lipinski definition) is 7. The maximum absolute atomic E-state index is 12.6. The zero-order valence-electron chi connectivity index (χ0n) is 14.4. The van der Waals surface area contributed by atoms with Gasteiger partial charge in [0.25, 0.3) is 0 Å². The van der Waals surface area contributed by atoms with Gasteiger partial charge in [0.2, 0.25) is 5.88 Å². The summed E-state index contributed by atoms with van der Waals surface area (Å²) in [5.74, 6) is 1.58. The van der Waals surface area contributed by atoms with Gasteiger partial charge >= 0.3 is 0 Å². The normalized spacial score (nSPS) is 11.6. The van der Waals surface area contributed by atoms with Gasteiger partial charge in [-0.25, -0.2) is 4.98 Å². The monoisotopic (exact) mass is 371 g/mol. The molecule has 8 nitrogen and oxygen atoms in total. The molecule has 0 aliphatic carbocycles. The van der Waals surface area contributed by atoms with E-state index in [4.69, 9.17) is 14.2 Å². The summed E-state index contributed by atoms with van der Waals surface area (Å²) in [6, 6.07) is 5.17. The molecule has 0 aromatic carbocycles. The number of aromatic amines is 1. The van der Waals surface area contributed by atoms with Gasteiger partial charge in [-0.15, -0.1) is 0 Å². The van der Waals surface area contributed by atoms with E-state index >= 15 is 0 Å². The average Bonchev–Trinajstić information content (AvgIpc) is 3.04. The molecule has 0 aliphatic rings. The number of rotatable bonds is 6. The van der Waals surface area contributed by atoms with Crippen LogP contribution in [0, 0.1) is 0 Å². The average molecular weight is 371 g/mol. The molecule has 3 aromatic rings. The molecule has 0 saturated carbocycles. The summed E-state index contributed by atoms with van der Waals surface area (Å²) < 4.78 is 28.2. The Balaban J connectivity index is 0.00000225. The van der Waals surface area contributed by atoms with Crippen LogP contribution in [-0.4, -0.2) is 75.0 Å². The summed E-state index contributed by atoms with van der Waals surface area (Å²) in [4.78, 5) is 15.7. The van der Waals surface area contributed by atoms with E-state index in [-0.39, 0.29) is 35.3 Å². The van der Waals surface area contributed by atoms with Crippen LogP contribution in [0.25, 0.3) is 11.2 Å². The van der Waals surface area contributed by atoms with Crippen LogP contribution in [0.3, 0.4) is 0 Å². The SMILES string of the molecule is COc1ccc2[nH]c([S@](=O)Cc3nccc(OC)c3OC)nc2n1.[Na]. The fourth-order valence-electron chi connectivity index (χ4n) is 2.22. The van der Waals surface area contributed by atoms with Crippen molar-refractivity contribution in [1.82, 2.24) is 19.9 Å². The number of aromatic nitrogens is 4. The predicted molar refractivity (Wildman–Crippen MR) is 93.6 cm³/mol. The Labute approximate surface area is 169 Å². The topological polar surface area (TPSA) is 99.2 Å². The van der Waals surface area contributed by atoms with Gasteiger partial charge in [-0.3, -0.25) is 9.19 Å². The molecule has 0 fully saturated rings. The summed E-state index contributed by atoms with van der Waals surface area (Å²) in [7, 11) is 3.14. The van der Waals surface area contributed by atoms with Crippen LogP contribution in [0.4, 0.5) is 0 Å². The molecule has 1 radical (unpaired) electrons. The Morgan fingerprint density at radius 3 is 2.56 bits per heavy atom. The Kier molecular flexibility index (Phi) is 6.77. The fraction of sp³-hybridized carbons (Fsp3) is 0.267. The van der Waals surface area contributed by atoms with Gasteiger partial charge in [0.15, 0.2) is 22.3 Å². The minimum absolute atomic E-state index is 0. The van der Waals surface area contributed by atoms with Crippen molar-refractivity contribution < 1.29 is 18.4 Å². The van der Waals surface area contributed by atoms with Gasteiger partial charge in [0.05, 0.1) is 49.1 Å². The molecular weight excluding hydrogens is 355 g/mol. The minimum Gasteiger partial charge on any atom is -0.493 e. The van der Waals surface area contributed by atoms with Crippen molar-refractivity contribution in [1.29, 1.82) is 0 Å². The fourth-order valence-corrected chi connectivity index (χ4v) is 3.22. The third-order valence-electron chi connectivity index (χ3n) is 3.36. The molecule has 0 bridgehead atoms. The summed E-state index contributed by atoms with van der Waals surface area (Å²) in [5.41, 5.74) is 1.66. The van der Waals surface area contributed by atoms with E-state index in [0.29, 0.717) is 39.4 Å². The Hall–Kier alpha value is -1.68. The van der Waals surface area contributed by atoms with Crippen molar-refractivity contribution in [3.05, 3.63) is 30.1 Å². The predicted octanol–water partition coefficient (Wildman–Crippen LogP) is 1.31. The van der Waals surface area contributed by atoms with Crippen molar-refractivity contribution in [3.63, 3.8) is 0 Å². The standard InChI is InChI=1S/C15H16N4O4S.Na/c1-21-11-6-7-16-10(13(11)23-3)8-24(20)15-17-9-4-5-12(22-2)18-14(9)19-15;/h4-7H,8H2,1-3H3,(H,17,18,19);/t24-;/m1./s1. The van der Waals surface area contributed by atoms with Crippen LogP contribution in [0.5, 0.6) is 17.4 Å². The van der Waals surface area contributed by atoms with Gasteiger partial charge in [0.1, 0.15) is 0 Å². The molecule has 1 atom stereocenters. The van der Waals surface area contributed by atoms with E-state index in [1.807, 2.05) is 0 Å². The molecule has 25 heavy (non-hydrogen) atoms. The molecule has 3 aromatic heterocycles. The van der Waals surface area contributed by atoms with Crippen LogP contribution in [0.15, 0.2) is 29.6 Å². The summed E-state index contributed by atoms with van der Waals surface area (Å²) in [6.45, 7) is 0. The maximum Gasteiger partial charge on any atom is 0.215 e. The second-order valence-electron chi connectivity index (χ2n) is 4.75. The van der Waals surface area contributed by atoms with Crippen molar-refractivity contribution in [3.8, 4) is 17.4 Å². The van der Waals surface area contributed by atoms with E-state index < -0.39 is 10.8 Å². The number of nitrogens with one attached hydrogen (secondary N) is 1. The number of imidazole rings is 1. The number of pyridine rings is 2. The molecular formula is C15H16N4NaO4S. The smallest absolute Gasteiger partial charge is 0.215 e. The number of hydrogen-bond donors (Lipinski definition) is 1. The second kappa shape index (κ2) is 8.61. The molecule has 3 heterocycles. The van der Waals surface area contributed by atoms with Crippen LogP contribution >= 0.6 is 0 Å². The van der Waals surface area contributed by atoms with Crippen molar-refractivity contribution in [2.24, 2.45) is 0 Å². The van der Waals surface area contributed by atoms with E-state index in [1.54, 1.807) is 24.4 Å². The van der Waals surface area contributed by atoms with Gasteiger partial charge in [-0.2, -0.15) is 4.98 Å². The maximum atomic E-state index is 12.6. The van der Waals surface area contributed by atoms with Gasteiger partial charge in [-0.05, 0) is 6.07 Å². The van der Waals surface area contributed by atoms with Gasteiger partial charge < -0.3 is 19.2 Å². The Morgan fingerprint density at radius 2 is 1.88 bits per heavy atom. The van der Waals surface area contributed by atoms with Crippen molar-refractivity contribution in [2.45, 2.75) is 10.9 Å². The van der Waals surface area contributed by atoms with Gasteiger partial charge in [-0.1, -0.05) is 0 Å². The molecule has 1 N–H and O–H groups in total. The second-order valence-corrected chi connectivity index (χ2v) is 6.12. The first-order valence-electron chi connectivity index (χ1n) is 7.01. The van der Waals surface area contributed by atoms with Crippen LogP contribution in [0.1, 0.15) is 5.69 Å². The summed E-state index contributed by atoms with van der Waals surface area (Å²) in [6.07, 6.45) is 1.58. The molecule has 0 amide bonds. The summed E-state index contributed by atoms with van der Waals surface area (Å²) >= 11 is 0. The molecule has 0 spiro atoms. The van der Waals surface area contributed by atoms with E-state index in [1.165, 1.54) is 21.3 Å². The molecule has 3 rings (SSSR count). The number of H-pyrrole nitrogens is 1. The largest absolute Gasteiger partial charge is 0.493 e. The van der Waals surface area contributed by atoms with Crippen molar-refractivity contribution in [2.75, 3.05) is 21.3 Å². The minimum atomic E-state index is -1.44. The van der Waals surface area contributed by atoms with E-state index in [2.05, 4.69) is 19.9 Å². The van der Waals surface area contributed by atoms with E-state index in [0.717, 1.165) is 0 Å². The molecule has 0 unspecified atom stereocenters. The van der Waals surface area contributed by atoms with Gasteiger partial charge in [0, 0.05) is 47.9 Å². The van der Waals surface area contributed by atoms with E-state index in [9.17, 15) is 4.21 Å². The zero-order valence-corrected chi connectivity index (χ0v) is 17.2. The Morgan fingerprint density at radius 1 is 1.08 bits per heavy atom. The first-order chi connectivity index (χ1) is 11.7. The molecule has 10 heteroatoms. The first-order valence-corrected chi connectivity index (χ1v) is 8.33. The molecule has 0 aliphatic heterocycles. The number of methoxy groups -OCH3 is 3. The summed E-state index contributed by atoms with van der Waals surface area (Å²) in [5, 5.41) is 0.317. The number of nitrogens with zero attached hydrogens (tertiary/aromatic N) is 3. The quantitative estimate of drug-likeness (QED) is 0.652. The third-order valence-corrected chi connectivity index (χ3v) is 4.52. The Bertz CT molecular complexity index is 902.